The monoisotopic (exact) mass is 367 g/mol. The molecule has 2 rings (SSSR count). The van der Waals surface area contributed by atoms with Gasteiger partial charge in [0.2, 0.25) is 5.95 Å². The van der Waals surface area contributed by atoms with Crippen molar-refractivity contribution in [3.8, 4) is 0 Å². The van der Waals surface area contributed by atoms with E-state index in [1.807, 2.05) is 0 Å². The fraction of sp³-hybridized carbons (Fsp3) is 0.231. The third kappa shape index (κ3) is 4.18. The Morgan fingerprint density at radius 2 is 1.77 bits per heavy atom. The van der Waals surface area contributed by atoms with E-state index >= 15 is 0 Å². The normalized spacial score (nSPS) is 11.6. The SMILES string of the molecule is CN(C)c1nc(Sc2ccc(Cl)cc2Cl)cc(C(F)(F)F)n1. The van der Waals surface area contributed by atoms with E-state index in [2.05, 4.69) is 9.97 Å². The Hall–Kier alpha value is -1.18. The Bertz CT molecular complexity index is 693. The lowest BCUT2D eigenvalue weighted by molar-refractivity contribution is -0.141. The van der Waals surface area contributed by atoms with E-state index in [4.69, 9.17) is 23.2 Å². The first-order valence-electron chi connectivity index (χ1n) is 5.93. The Labute approximate surface area is 139 Å². The number of rotatable bonds is 3. The van der Waals surface area contributed by atoms with Crippen LogP contribution in [0.4, 0.5) is 19.1 Å². The van der Waals surface area contributed by atoms with Gasteiger partial charge in [0.15, 0.2) is 5.69 Å². The highest BCUT2D eigenvalue weighted by atomic mass is 35.5. The first kappa shape index (κ1) is 17.2. The lowest BCUT2D eigenvalue weighted by Crippen LogP contribution is -2.17. The summed E-state index contributed by atoms with van der Waals surface area (Å²) in [4.78, 5) is 9.56. The van der Waals surface area contributed by atoms with Crippen LogP contribution in [0.25, 0.3) is 0 Å². The fourth-order valence-corrected chi connectivity index (χ4v) is 2.82. The molecule has 0 atom stereocenters. The average Bonchev–Trinajstić information content (AvgIpc) is 2.40. The highest BCUT2D eigenvalue weighted by molar-refractivity contribution is 7.99. The number of halogens is 5. The van der Waals surface area contributed by atoms with E-state index < -0.39 is 11.9 Å². The van der Waals surface area contributed by atoms with Gasteiger partial charge in [-0.2, -0.15) is 13.2 Å². The van der Waals surface area contributed by atoms with Gasteiger partial charge in [-0.1, -0.05) is 35.0 Å². The molecule has 3 nitrogen and oxygen atoms in total. The molecule has 0 saturated heterocycles. The number of hydrogen-bond acceptors (Lipinski definition) is 4. The molecule has 0 amide bonds. The molecular weight excluding hydrogens is 358 g/mol. The number of benzene rings is 1. The van der Waals surface area contributed by atoms with Crippen molar-refractivity contribution in [3.63, 3.8) is 0 Å². The summed E-state index contributed by atoms with van der Waals surface area (Å²) < 4.78 is 38.8. The first-order chi connectivity index (χ1) is 10.2. The van der Waals surface area contributed by atoms with Gasteiger partial charge in [0.25, 0.3) is 0 Å². The van der Waals surface area contributed by atoms with E-state index in [9.17, 15) is 13.2 Å². The summed E-state index contributed by atoms with van der Waals surface area (Å²) in [5.41, 5.74) is -1.00. The molecule has 0 radical (unpaired) electrons. The Balaban J connectivity index is 2.43. The predicted molar refractivity (Wildman–Crippen MR) is 81.9 cm³/mol. The minimum Gasteiger partial charge on any atom is -0.347 e. The van der Waals surface area contributed by atoms with Gasteiger partial charge in [0.1, 0.15) is 5.03 Å². The second kappa shape index (κ2) is 6.52. The van der Waals surface area contributed by atoms with Gasteiger partial charge >= 0.3 is 6.18 Å². The van der Waals surface area contributed by atoms with Crippen molar-refractivity contribution in [1.29, 1.82) is 0 Å². The van der Waals surface area contributed by atoms with Crippen molar-refractivity contribution in [2.75, 3.05) is 19.0 Å². The number of anilines is 1. The number of alkyl halides is 3. The smallest absolute Gasteiger partial charge is 0.347 e. The van der Waals surface area contributed by atoms with Crippen LogP contribution in [-0.2, 0) is 6.18 Å². The highest BCUT2D eigenvalue weighted by Gasteiger charge is 2.34. The second-order valence-electron chi connectivity index (χ2n) is 4.46. The summed E-state index contributed by atoms with van der Waals surface area (Å²) in [5, 5.41) is 0.938. The summed E-state index contributed by atoms with van der Waals surface area (Å²) in [6.07, 6.45) is -4.55. The fourth-order valence-electron chi connectivity index (χ4n) is 1.48. The summed E-state index contributed by atoms with van der Waals surface area (Å²) in [5.74, 6) is -0.0255. The van der Waals surface area contributed by atoms with Gasteiger partial charge in [0, 0.05) is 30.1 Å². The third-order valence-corrected chi connectivity index (χ3v) is 4.14. The molecule has 22 heavy (non-hydrogen) atoms. The van der Waals surface area contributed by atoms with Crippen LogP contribution in [0.3, 0.4) is 0 Å². The van der Waals surface area contributed by atoms with Gasteiger partial charge < -0.3 is 4.90 Å². The van der Waals surface area contributed by atoms with Crippen molar-refractivity contribution >= 4 is 40.9 Å². The molecule has 0 fully saturated rings. The molecule has 2 aromatic rings. The molecule has 0 bridgehead atoms. The van der Waals surface area contributed by atoms with Crippen LogP contribution < -0.4 is 4.90 Å². The Morgan fingerprint density at radius 1 is 1.09 bits per heavy atom. The lowest BCUT2D eigenvalue weighted by atomic mass is 10.4. The topological polar surface area (TPSA) is 29.0 Å². The Kier molecular flexibility index (Phi) is 5.09. The molecule has 0 unspecified atom stereocenters. The maximum Gasteiger partial charge on any atom is 0.433 e. The molecule has 1 aromatic carbocycles. The van der Waals surface area contributed by atoms with Crippen LogP contribution in [0.5, 0.6) is 0 Å². The van der Waals surface area contributed by atoms with Crippen molar-refractivity contribution in [2.45, 2.75) is 16.1 Å². The minimum atomic E-state index is -4.55. The summed E-state index contributed by atoms with van der Waals surface area (Å²) in [7, 11) is 3.14. The van der Waals surface area contributed by atoms with Gasteiger partial charge in [0.05, 0.1) is 5.02 Å². The zero-order valence-corrected chi connectivity index (χ0v) is 13.8. The van der Waals surface area contributed by atoms with E-state index in [1.54, 1.807) is 26.2 Å². The number of hydrogen-bond donors (Lipinski definition) is 0. The van der Waals surface area contributed by atoms with Crippen molar-refractivity contribution in [3.05, 3.63) is 40.0 Å². The van der Waals surface area contributed by atoms with Crippen LogP contribution in [0, 0.1) is 0 Å². The maximum absolute atomic E-state index is 12.9. The minimum absolute atomic E-state index is 0.0255. The van der Waals surface area contributed by atoms with E-state index in [0.717, 1.165) is 17.8 Å². The summed E-state index contributed by atoms with van der Waals surface area (Å²) in [6.45, 7) is 0. The second-order valence-corrected chi connectivity index (χ2v) is 6.37. The lowest BCUT2D eigenvalue weighted by Gasteiger charge is -2.14. The molecule has 0 spiro atoms. The summed E-state index contributed by atoms with van der Waals surface area (Å²) >= 11 is 12.8. The molecule has 118 valence electrons. The van der Waals surface area contributed by atoms with Gasteiger partial charge in [-0.25, -0.2) is 9.97 Å². The van der Waals surface area contributed by atoms with Crippen LogP contribution in [0.1, 0.15) is 5.69 Å². The standard InChI is InChI=1S/C13H10Cl2F3N3S/c1-21(2)12-19-10(13(16,17)18)6-11(20-12)22-9-4-3-7(14)5-8(9)15/h3-6H,1-2H3. The zero-order valence-electron chi connectivity index (χ0n) is 11.4. The molecule has 1 aromatic heterocycles. The zero-order chi connectivity index (χ0) is 16.5. The molecule has 0 saturated carbocycles. The highest BCUT2D eigenvalue weighted by Crippen LogP contribution is 2.37. The van der Waals surface area contributed by atoms with Crippen molar-refractivity contribution in [2.24, 2.45) is 0 Å². The van der Waals surface area contributed by atoms with E-state index in [-0.39, 0.29) is 11.0 Å². The number of nitrogens with zero attached hydrogens (tertiary/aromatic N) is 3. The third-order valence-electron chi connectivity index (χ3n) is 2.49. The van der Waals surface area contributed by atoms with E-state index in [1.165, 1.54) is 11.0 Å². The van der Waals surface area contributed by atoms with Gasteiger partial charge in [-0.3, -0.25) is 0 Å². The predicted octanol–water partition coefficient (Wildman–Crippen LogP) is 5.02. The molecule has 0 N–H and O–H groups in total. The maximum atomic E-state index is 12.9. The Morgan fingerprint density at radius 3 is 2.32 bits per heavy atom. The van der Waals surface area contributed by atoms with Gasteiger partial charge in [-0.15, -0.1) is 0 Å². The molecular formula is C13H10Cl2F3N3S. The number of aromatic nitrogens is 2. The van der Waals surface area contributed by atoms with Crippen LogP contribution in [0.15, 0.2) is 34.2 Å². The molecule has 0 aliphatic carbocycles. The average molecular weight is 368 g/mol. The molecule has 1 heterocycles. The van der Waals surface area contributed by atoms with Crippen molar-refractivity contribution in [1.82, 2.24) is 9.97 Å². The quantitative estimate of drug-likeness (QED) is 0.712. The van der Waals surface area contributed by atoms with Crippen LogP contribution in [-0.4, -0.2) is 24.1 Å². The summed E-state index contributed by atoms with van der Waals surface area (Å²) in [6, 6.07) is 5.64. The first-order valence-corrected chi connectivity index (χ1v) is 7.50. The largest absolute Gasteiger partial charge is 0.433 e. The van der Waals surface area contributed by atoms with E-state index in [0.29, 0.717) is 14.9 Å². The van der Waals surface area contributed by atoms with Crippen molar-refractivity contribution < 1.29 is 13.2 Å². The molecule has 0 aliphatic heterocycles. The van der Waals surface area contributed by atoms with Crippen LogP contribution >= 0.6 is 35.0 Å². The van der Waals surface area contributed by atoms with Gasteiger partial charge in [-0.05, 0) is 18.2 Å². The van der Waals surface area contributed by atoms with Crippen LogP contribution in [0.2, 0.25) is 10.0 Å². The molecule has 0 aliphatic rings. The molecule has 9 heteroatoms.